The van der Waals surface area contributed by atoms with Crippen molar-refractivity contribution in [3.63, 3.8) is 0 Å². The molecule has 2 fully saturated rings. The van der Waals surface area contributed by atoms with E-state index in [4.69, 9.17) is 16.3 Å². The lowest BCUT2D eigenvalue weighted by atomic mass is 10.1. The lowest BCUT2D eigenvalue weighted by molar-refractivity contribution is 0.197. The minimum atomic E-state index is 0.479. The zero-order valence-corrected chi connectivity index (χ0v) is 18.4. The molecule has 2 aliphatic rings. The zero-order chi connectivity index (χ0) is 20.8. The van der Waals surface area contributed by atoms with Gasteiger partial charge in [0.2, 0.25) is 0 Å². The summed E-state index contributed by atoms with van der Waals surface area (Å²) in [5.41, 5.74) is 2.33. The van der Waals surface area contributed by atoms with Gasteiger partial charge in [0.25, 0.3) is 0 Å². The highest BCUT2D eigenvalue weighted by atomic mass is 35.5. The summed E-state index contributed by atoms with van der Waals surface area (Å²) in [6, 6.07) is 17.2. The Kier molecular flexibility index (Phi) is 7.13. The van der Waals surface area contributed by atoms with Gasteiger partial charge in [-0.05, 0) is 48.9 Å². The molecule has 2 aromatic rings. The maximum absolute atomic E-state index is 6.21. The average Bonchev–Trinajstić information content (AvgIpc) is 3.62. The Morgan fingerprint density at radius 1 is 1.03 bits per heavy atom. The fourth-order valence-corrected chi connectivity index (χ4v) is 4.19. The van der Waals surface area contributed by atoms with Crippen LogP contribution >= 0.6 is 11.6 Å². The molecule has 0 unspecified atom stereocenters. The van der Waals surface area contributed by atoms with E-state index in [1.165, 1.54) is 44.3 Å². The Labute approximate surface area is 184 Å². The number of para-hydroxylation sites is 1. The van der Waals surface area contributed by atoms with E-state index in [0.29, 0.717) is 30.0 Å². The smallest absolute Gasteiger partial charge is 0.191 e. The second-order valence-corrected chi connectivity index (χ2v) is 8.51. The van der Waals surface area contributed by atoms with Crippen LogP contribution in [0.2, 0.25) is 5.02 Å². The summed E-state index contributed by atoms with van der Waals surface area (Å²) in [5, 5.41) is 7.71. The number of nitrogens with zero attached hydrogens (tertiary/aromatic N) is 2. The minimum Gasteiger partial charge on any atom is -0.487 e. The van der Waals surface area contributed by atoms with Gasteiger partial charge in [-0.25, -0.2) is 0 Å². The van der Waals surface area contributed by atoms with Gasteiger partial charge in [0.05, 0.1) is 5.02 Å². The van der Waals surface area contributed by atoms with E-state index in [-0.39, 0.29) is 0 Å². The number of halogens is 1. The quantitative estimate of drug-likeness (QED) is 0.514. The van der Waals surface area contributed by atoms with Gasteiger partial charge in [-0.15, -0.1) is 0 Å². The normalized spacial score (nSPS) is 18.3. The molecule has 0 amide bonds. The lowest BCUT2D eigenvalue weighted by Crippen LogP contribution is -2.48. The van der Waals surface area contributed by atoms with Gasteiger partial charge in [-0.1, -0.05) is 48.0 Å². The van der Waals surface area contributed by atoms with E-state index in [9.17, 15) is 0 Å². The van der Waals surface area contributed by atoms with Crippen LogP contribution in [0.15, 0.2) is 53.5 Å². The number of benzene rings is 2. The van der Waals surface area contributed by atoms with Crippen LogP contribution in [-0.2, 0) is 13.2 Å². The third kappa shape index (κ3) is 5.67. The molecule has 2 N–H and O–H groups in total. The molecule has 2 aromatic carbocycles. The van der Waals surface area contributed by atoms with Crippen molar-refractivity contribution in [1.82, 2.24) is 15.5 Å². The first-order chi connectivity index (χ1) is 14.7. The van der Waals surface area contributed by atoms with Crippen LogP contribution in [0.25, 0.3) is 0 Å². The molecule has 0 aromatic heterocycles. The van der Waals surface area contributed by atoms with Gasteiger partial charge in [0.15, 0.2) is 5.96 Å². The third-order valence-corrected chi connectivity index (χ3v) is 6.25. The molecule has 160 valence electrons. The molecule has 4 rings (SSSR count). The molecule has 1 saturated heterocycles. The van der Waals surface area contributed by atoms with Gasteiger partial charge >= 0.3 is 0 Å². The van der Waals surface area contributed by atoms with Crippen molar-refractivity contribution in [2.24, 2.45) is 4.99 Å². The Hall–Kier alpha value is -2.24. The van der Waals surface area contributed by atoms with Gasteiger partial charge in [-0.2, -0.15) is 0 Å². The highest BCUT2D eigenvalue weighted by Crippen LogP contribution is 2.29. The summed E-state index contributed by atoms with van der Waals surface area (Å²) >= 11 is 6.21. The van der Waals surface area contributed by atoms with Crippen LogP contribution in [0.1, 0.15) is 36.8 Å². The molecule has 1 aliphatic carbocycles. The lowest BCUT2D eigenvalue weighted by Gasteiger charge is -2.33. The topological polar surface area (TPSA) is 48.9 Å². The van der Waals surface area contributed by atoms with Crippen molar-refractivity contribution in [2.75, 3.05) is 20.1 Å². The average molecular weight is 427 g/mol. The van der Waals surface area contributed by atoms with Crippen LogP contribution in [0, 0.1) is 0 Å². The van der Waals surface area contributed by atoms with Crippen molar-refractivity contribution in [3.05, 3.63) is 64.7 Å². The fourth-order valence-electron chi connectivity index (χ4n) is 4.00. The second-order valence-electron chi connectivity index (χ2n) is 8.10. The van der Waals surface area contributed by atoms with E-state index in [2.05, 4.69) is 38.7 Å². The van der Waals surface area contributed by atoms with Crippen molar-refractivity contribution < 1.29 is 4.74 Å². The van der Waals surface area contributed by atoms with Crippen molar-refractivity contribution in [3.8, 4) is 5.75 Å². The monoisotopic (exact) mass is 426 g/mol. The van der Waals surface area contributed by atoms with Crippen LogP contribution in [0.4, 0.5) is 0 Å². The van der Waals surface area contributed by atoms with E-state index in [1.54, 1.807) is 0 Å². The van der Waals surface area contributed by atoms with E-state index < -0.39 is 0 Å². The molecular weight excluding hydrogens is 396 g/mol. The molecule has 5 nitrogen and oxygen atoms in total. The number of rotatable bonds is 7. The summed E-state index contributed by atoms with van der Waals surface area (Å²) in [5.74, 6) is 1.57. The molecular formula is C24H31ClN4O. The molecule has 1 aliphatic heterocycles. The maximum atomic E-state index is 6.21. The van der Waals surface area contributed by atoms with Crippen molar-refractivity contribution >= 4 is 17.6 Å². The van der Waals surface area contributed by atoms with Gasteiger partial charge < -0.3 is 20.3 Å². The maximum Gasteiger partial charge on any atom is 0.191 e. The standard InChI is InChI=1S/C24H31ClN4O/c1-26-24(28-20-12-14-29(15-13-20)21-10-11-21)27-16-18-6-2-3-7-19(18)17-30-23-9-5-4-8-22(23)25/h2-9,20-21H,10-17H2,1H3,(H2,26,27,28). The number of hydrogen-bond donors (Lipinski definition) is 2. The summed E-state index contributed by atoms with van der Waals surface area (Å²) < 4.78 is 5.94. The summed E-state index contributed by atoms with van der Waals surface area (Å²) in [7, 11) is 1.83. The first kappa shape index (κ1) is 21.0. The number of nitrogens with one attached hydrogen (secondary N) is 2. The number of likely N-dealkylation sites (tertiary alicyclic amines) is 1. The highest BCUT2D eigenvalue weighted by molar-refractivity contribution is 6.32. The van der Waals surface area contributed by atoms with Crippen molar-refractivity contribution in [1.29, 1.82) is 0 Å². The summed E-state index contributed by atoms with van der Waals surface area (Å²) in [6.45, 7) is 3.57. The molecule has 1 saturated carbocycles. The number of ether oxygens (including phenoxy) is 1. The minimum absolute atomic E-state index is 0.479. The van der Waals surface area contributed by atoms with Gasteiger partial charge in [0, 0.05) is 38.8 Å². The molecule has 0 bridgehead atoms. The first-order valence-corrected chi connectivity index (χ1v) is 11.3. The Bertz CT molecular complexity index is 860. The predicted octanol–water partition coefficient (Wildman–Crippen LogP) is 4.21. The Morgan fingerprint density at radius 3 is 2.43 bits per heavy atom. The second kappa shape index (κ2) is 10.2. The first-order valence-electron chi connectivity index (χ1n) is 10.9. The number of hydrogen-bond acceptors (Lipinski definition) is 3. The fraction of sp³-hybridized carbons (Fsp3) is 0.458. The van der Waals surface area contributed by atoms with Crippen LogP contribution in [0.5, 0.6) is 5.75 Å². The number of piperidine rings is 1. The Balaban J connectivity index is 1.28. The third-order valence-electron chi connectivity index (χ3n) is 5.94. The summed E-state index contributed by atoms with van der Waals surface area (Å²) in [6.07, 6.45) is 5.14. The molecule has 0 spiro atoms. The van der Waals surface area contributed by atoms with Gasteiger partial charge in [-0.3, -0.25) is 4.99 Å². The SMILES string of the molecule is CN=C(NCc1ccccc1COc1ccccc1Cl)NC1CCN(C2CC2)CC1. The zero-order valence-electron chi connectivity index (χ0n) is 17.6. The number of guanidine groups is 1. The predicted molar refractivity (Wildman–Crippen MR) is 123 cm³/mol. The molecule has 1 heterocycles. The largest absolute Gasteiger partial charge is 0.487 e. The van der Waals surface area contributed by atoms with E-state index in [0.717, 1.165) is 17.6 Å². The highest BCUT2D eigenvalue weighted by Gasteiger charge is 2.31. The van der Waals surface area contributed by atoms with Gasteiger partial charge in [0.1, 0.15) is 12.4 Å². The Morgan fingerprint density at radius 2 is 1.73 bits per heavy atom. The van der Waals surface area contributed by atoms with Crippen LogP contribution in [0.3, 0.4) is 0 Å². The molecule has 0 atom stereocenters. The van der Waals surface area contributed by atoms with E-state index in [1.807, 2.05) is 37.4 Å². The van der Waals surface area contributed by atoms with E-state index >= 15 is 0 Å². The summed E-state index contributed by atoms with van der Waals surface area (Å²) in [4.78, 5) is 7.07. The molecule has 0 radical (unpaired) electrons. The van der Waals surface area contributed by atoms with Crippen LogP contribution < -0.4 is 15.4 Å². The van der Waals surface area contributed by atoms with Crippen LogP contribution in [-0.4, -0.2) is 43.1 Å². The molecule has 6 heteroatoms. The molecule has 30 heavy (non-hydrogen) atoms. The number of aliphatic imine (C=N–C) groups is 1. The van der Waals surface area contributed by atoms with Crippen molar-refractivity contribution in [2.45, 2.75) is 50.9 Å².